The number of ether oxygens (including phenoxy) is 2. The molecule has 1 aliphatic rings. The van der Waals surface area contributed by atoms with E-state index in [2.05, 4.69) is 5.32 Å². The SMILES string of the molecule is Cc1cccc(N2CC(CNC(=O)OCc3ccccc3)OCC2=O)c1. The number of benzene rings is 2. The summed E-state index contributed by atoms with van der Waals surface area (Å²) in [6, 6.07) is 17.2. The van der Waals surface area contributed by atoms with Crippen LogP contribution in [0.5, 0.6) is 0 Å². The number of aryl methyl sites for hydroxylation is 1. The molecule has 0 spiro atoms. The molecule has 2 amide bonds. The fraction of sp³-hybridized carbons (Fsp3) is 0.300. The molecule has 6 nitrogen and oxygen atoms in total. The first-order valence-electron chi connectivity index (χ1n) is 8.55. The van der Waals surface area contributed by atoms with Crippen molar-refractivity contribution in [2.24, 2.45) is 0 Å². The van der Waals surface area contributed by atoms with E-state index >= 15 is 0 Å². The van der Waals surface area contributed by atoms with Crippen LogP contribution in [0.2, 0.25) is 0 Å². The summed E-state index contributed by atoms with van der Waals surface area (Å²) in [5.74, 6) is -0.0847. The first kappa shape index (κ1) is 17.9. The van der Waals surface area contributed by atoms with Crippen LogP contribution in [-0.2, 0) is 20.9 Å². The second-order valence-corrected chi connectivity index (χ2v) is 6.22. The standard InChI is InChI=1S/C20H22N2O4/c1-15-6-5-9-17(10-15)22-12-18(25-14-19(22)23)11-21-20(24)26-13-16-7-3-2-4-8-16/h2-10,18H,11-14H2,1H3,(H,21,24). The molecule has 1 saturated heterocycles. The molecule has 1 unspecified atom stereocenters. The van der Waals surface area contributed by atoms with Crippen molar-refractivity contribution >= 4 is 17.7 Å². The fourth-order valence-electron chi connectivity index (χ4n) is 2.77. The summed E-state index contributed by atoms with van der Waals surface area (Å²) in [5.41, 5.74) is 2.85. The smallest absolute Gasteiger partial charge is 0.407 e. The molecule has 26 heavy (non-hydrogen) atoms. The second kappa shape index (κ2) is 8.49. The van der Waals surface area contributed by atoms with Gasteiger partial charge >= 0.3 is 6.09 Å². The lowest BCUT2D eigenvalue weighted by molar-refractivity contribution is -0.129. The molecule has 6 heteroatoms. The van der Waals surface area contributed by atoms with Crippen molar-refractivity contribution in [3.63, 3.8) is 0 Å². The van der Waals surface area contributed by atoms with E-state index in [4.69, 9.17) is 9.47 Å². The van der Waals surface area contributed by atoms with E-state index in [0.717, 1.165) is 16.8 Å². The summed E-state index contributed by atoms with van der Waals surface area (Å²) in [7, 11) is 0. The average Bonchev–Trinajstić information content (AvgIpc) is 2.66. The summed E-state index contributed by atoms with van der Waals surface area (Å²) < 4.78 is 10.7. The Morgan fingerprint density at radius 3 is 2.81 bits per heavy atom. The Bertz CT molecular complexity index is 763. The van der Waals surface area contributed by atoms with E-state index < -0.39 is 6.09 Å². The maximum absolute atomic E-state index is 12.1. The Labute approximate surface area is 152 Å². The van der Waals surface area contributed by atoms with Gasteiger partial charge in [0.15, 0.2) is 0 Å². The van der Waals surface area contributed by atoms with Crippen molar-refractivity contribution < 1.29 is 19.1 Å². The Kier molecular flexibility index (Phi) is 5.86. The number of alkyl carbamates (subject to hydrolysis) is 1. The molecule has 1 atom stereocenters. The Morgan fingerprint density at radius 2 is 2.04 bits per heavy atom. The van der Waals surface area contributed by atoms with Gasteiger partial charge in [0.1, 0.15) is 13.2 Å². The number of hydrogen-bond donors (Lipinski definition) is 1. The fourth-order valence-corrected chi connectivity index (χ4v) is 2.77. The molecular formula is C20H22N2O4. The van der Waals surface area contributed by atoms with Crippen LogP contribution in [0.25, 0.3) is 0 Å². The Balaban J connectivity index is 1.49. The minimum absolute atomic E-state index is 0.000643. The predicted octanol–water partition coefficient (Wildman–Crippen LogP) is 2.65. The maximum atomic E-state index is 12.1. The highest BCUT2D eigenvalue weighted by atomic mass is 16.5. The number of rotatable bonds is 5. The average molecular weight is 354 g/mol. The zero-order valence-electron chi connectivity index (χ0n) is 14.7. The van der Waals surface area contributed by atoms with E-state index in [1.165, 1.54) is 0 Å². The molecular weight excluding hydrogens is 332 g/mol. The van der Waals surface area contributed by atoms with E-state index in [0.29, 0.717) is 6.54 Å². The molecule has 1 fully saturated rings. The van der Waals surface area contributed by atoms with Crippen molar-refractivity contribution in [2.75, 3.05) is 24.6 Å². The van der Waals surface area contributed by atoms with E-state index in [-0.39, 0.29) is 31.8 Å². The zero-order valence-corrected chi connectivity index (χ0v) is 14.7. The molecule has 0 aliphatic carbocycles. The Hall–Kier alpha value is -2.86. The highest BCUT2D eigenvalue weighted by Gasteiger charge is 2.27. The van der Waals surface area contributed by atoms with E-state index in [9.17, 15) is 9.59 Å². The molecule has 0 radical (unpaired) electrons. The molecule has 0 aromatic heterocycles. The number of morpholine rings is 1. The van der Waals surface area contributed by atoms with Gasteiger partial charge in [-0.2, -0.15) is 0 Å². The van der Waals surface area contributed by atoms with E-state index in [1.54, 1.807) is 4.90 Å². The number of nitrogens with zero attached hydrogens (tertiary/aromatic N) is 1. The molecule has 1 N–H and O–H groups in total. The zero-order chi connectivity index (χ0) is 18.4. The third-order valence-electron chi connectivity index (χ3n) is 4.13. The quantitative estimate of drug-likeness (QED) is 0.896. The van der Waals surface area contributed by atoms with Gasteiger partial charge in [-0.1, -0.05) is 42.5 Å². The van der Waals surface area contributed by atoms with Gasteiger partial charge in [-0.25, -0.2) is 4.79 Å². The summed E-state index contributed by atoms with van der Waals surface area (Å²) in [5, 5.41) is 2.70. The second-order valence-electron chi connectivity index (χ2n) is 6.22. The molecule has 2 aromatic rings. The normalized spacial score (nSPS) is 17.0. The topological polar surface area (TPSA) is 67.9 Å². The highest BCUT2D eigenvalue weighted by molar-refractivity contribution is 5.95. The van der Waals surface area contributed by atoms with Gasteiger partial charge in [-0.15, -0.1) is 0 Å². The van der Waals surface area contributed by atoms with Crippen LogP contribution in [0.15, 0.2) is 54.6 Å². The lowest BCUT2D eigenvalue weighted by Crippen LogP contribution is -2.50. The lowest BCUT2D eigenvalue weighted by atomic mass is 10.1. The van der Waals surface area contributed by atoms with Gasteiger partial charge in [0.2, 0.25) is 0 Å². The van der Waals surface area contributed by atoms with Crippen molar-refractivity contribution in [1.29, 1.82) is 0 Å². The van der Waals surface area contributed by atoms with Gasteiger partial charge in [0, 0.05) is 12.2 Å². The van der Waals surface area contributed by atoms with Crippen LogP contribution < -0.4 is 10.2 Å². The van der Waals surface area contributed by atoms with Crippen molar-refractivity contribution in [2.45, 2.75) is 19.6 Å². The number of carbonyl (C=O) groups is 2. The number of amides is 2. The third-order valence-corrected chi connectivity index (χ3v) is 4.13. The number of hydrogen-bond acceptors (Lipinski definition) is 4. The van der Waals surface area contributed by atoms with Crippen molar-refractivity contribution in [3.8, 4) is 0 Å². The molecule has 1 aliphatic heterocycles. The first-order valence-corrected chi connectivity index (χ1v) is 8.55. The number of carbonyl (C=O) groups excluding carboxylic acids is 2. The molecule has 3 rings (SSSR count). The first-order chi connectivity index (χ1) is 12.6. The van der Waals surface area contributed by atoms with Crippen LogP contribution in [-0.4, -0.2) is 37.8 Å². The Morgan fingerprint density at radius 1 is 1.23 bits per heavy atom. The summed E-state index contributed by atoms with van der Waals surface area (Å²) >= 11 is 0. The maximum Gasteiger partial charge on any atom is 0.407 e. The van der Waals surface area contributed by atoms with Crippen molar-refractivity contribution in [3.05, 3.63) is 65.7 Å². The van der Waals surface area contributed by atoms with Crippen LogP contribution in [0.3, 0.4) is 0 Å². The van der Waals surface area contributed by atoms with Gasteiger partial charge in [-0.3, -0.25) is 4.79 Å². The van der Waals surface area contributed by atoms with Crippen LogP contribution in [0.4, 0.5) is 10.5 Å². The van der Waals surface area contributed by atoms with Crippen LogP contribution in [0.1, 0.15) is 11.1 Å². The summed E-state index contributed by atoms with van der Waals surface area (Å²) in [6.07, 6.45) is -0.783. The monoisotopic (exact) mass is 354 g/mol. The van der Waals surface area contributed by atoms with Crippen LogP contribution in [0, 0.1) is 6.92 Å². The molecule has 0 bridgehead atoms. The van der Waals surface area contributed by atoms with Gasteiger partial charge in [0.25, 0.3) is 5.91 Å². The molecule has 136 valence electrons. The largest absolute Gasteiger partial charge is 0.445 e. The predicted molar refractivity (Wildman–Crippen MR) is 97.9 cm³/mol. The highest BCUT2D eigenvalue weighted by Crippen LogP contribution is 2.19. The molecule has 1 heterocycles. The third kappa shape index (κ3) is 4.83. The van der Waals surface area contributed by atoms with E-state index in [1.807, 2.05) is 61.5 Å². The van der Waals surface area contributed by atoms with Gasteiger partial charge < -0.3 is 19.7 Å². The minimum Gasteiger partial charge on any atom is -0.445 e. The van der Waals surface area contributed by atoms with Crippen LogP contribution >= 0.6 is 0 Å². The van der Waals surface area contributed by atoms with Gasteiger partial charge in [-0.05, 0) is 30.2 Å². The van der Waals surface area contributed by atoms with Crippen molar-refractivity contribution in [1.82, 2.24) is 5.32 Å². The molecule has 2 aromatic carbocycles. The van der Waals surface area contributed by atoms with Gasteiger partial charge in [0.05, 0.1) is 12.6 Å². The summed E-state index contributed by atoms with van der Waals surface area (Å²) in [4.78, 5) is 25.7. The molecule has 0 saturated carbocycles. The minimum atomic E-state index is -0.503. The summed E-state index contributed by atoms with van der Waals surface area (Å²) in [6.45, 7) is 2.87. The number of nitrogens with one attached hydrogen (secondary N) is 1. The number of anilines is 1. The lowest BCUT2D eigenvalue weighted by Gasteiger charge is -2.33.